The molecule has 20 heteroatoms. The number of hydrogen-bond donors (Lipinski definition) is 8. The first-order chi connectivity index (χ1) is 68.9. The first-order valence-electron chi connectivity index (χ1n) is 60.8. The maximum absolute atomic E-state index is 11.7. The Kier molecular flexibility index (Phi) is 98.2. The third-order valence-electron chi connectivity index (χ3n) is 29.8. The summed E-state index contributed by atoms with van der Waals surface area (Å²) in [5.74, 6) is 16.0. The van der Waals surface area contributed by atoms with Crippen LogP contribution in [0.25, 0.3) is 0 Å². The first-order valence-corrected chi connectivity index (χ1v) is 60.8. The summed E-state index contributed by atoms with van der Waals surface area (Å²) < 4.78 is 9.83. The normalized spacial score (nSPS) is 16.5. The minimum Gasteiger partial charge on any atom is -0.453 e. The second-order valence-corrected chi connectivity index (χ2v) is 52.6. The second-order valence-electron chi connectivity index (χ2n) is 52.6. The van der Waals surface area contributed by atoms with Crippen molar-refractivity contribution in [3.8, 4) is 0 Å². The highest BCUT2D eigenvalue weighted by Crippen LogP contribution is 2.33. The van der Waals surface area contributed by atoms with Crippen molar-refractivity contribution in [3.63, 3.8) is 0 Å². The standard InChI is InChI=1S/C12H24.2C11H22N2O.C10H21NO2.5C10H21NO.C10H14.C9H18.C8H16O.C8H18.CH4/c1-11(2)7-6-10-12-8-4-3-5-9-12;2*1-8(2)10(9(3)4)13-7-5-6-12-11(13)14;1-7(2)8(10(3,4)5)11-9(12)13-6;1-7(2)9(10(4,5)6)11-8(3)12;4*1-6-8(4)10(7(2)3)11-9(5)12;1-9(2)8-10-6-4-3-5-7-10;1-8(2)9-6-4-3-5-7-9;1-7(2)8-3-5-9-6-4-8;1-7(2)5-6-8(3)4;/h11-12H,3-10H2,1-2H3;2*8-10H,5-7H2,1-4H3,(H,12,14);7-8H,1-6H3,(H,11,12);7,9H,1-6H3,(H,11,12);4*7-8,10H,6H2,1-5H3,(H,11,12);3-7,9H,8H2,1-2H3;8-9H,3-7H2,1-2H3;7-8H,3-6H2,1-2H3;7-8H,5-6H2,1-4H3;1H4/t;;;8-;9-;4*8-,10?;;;;;/m...011100...../s1. The molecule has 0 spiro atoms. The summed E-state index contributed by atoms with van der Waals surface area (Å²) in [6.45, 7) is 114. The van der Waals surface area contributed by atoms with Crippen LogP contribution in [0.3, 0.4) is 0 Å². The molecule has 4 unspecified atom stereocenters. The number of carbonyl (C=O) groups is 8. The summed E-state index contributed by atoms with van der Waals surface area (Å²) in [6, 6.07) is 13.3. The molecule has 3 heterocycles. The fraction of sp³-hybridized carbons (Fsp3) is 0.892. The molecule has 1 aromatic carbocycles. The van der Waals surface area contributed by atoms with E-state index in [1.54, 1.807) is 34.6 Å². The van der Waals surface area contributed by atoms with Crippen molar-refractivity contribution in [1.82, 2.24) is 52.3 Å². The van der Waals surface area contributed by atoms with E-state index >= 15 is 0 Å². The molecule has 6 rings (SSSR count). The van der Waals surface area contributed by atoms with Gasteiger partial charge in [-0.25, -0.2) is 14.4 Å². The second kappa shape index (κ2) is 92.3. The lowest BCUT2D eigenvalue weighted by molar-refractivity contribution is -0.121. The van der Waals surface area contributed by atoms with Gasteiger partial charge in [-0.2, -0.15) is 0 Å². The van der Waals surface area contributed by atoms with Gasteiger partial charge in [-0.15, -0.1) is 0 Å². The van der Waals surface area contributed by atoms with Gasteiger partial charge < -0.3 is 61.8 Å². The number of methoxy groups -OCH3 is 1. The van der Waals surface area contributed by atoms with Crippen molar-refractivity contribution in [1.29, 1.82) is 0 Å². The van der Waals surface area contributed by atoms with Crippen LogP contribution in [0.4, 0.5) is 14.4 Å². The van der Waals surface area contributed by atoms with Gasteiger partial charge in [0.05, 0.1) is 7.11 Å². The lowest BCUT2D eigenvalue weighted by Gasteiger charge is -2.39. The predicted octanol–water partition coefficient (Wildman–Crippen LogP) is 33.8. The zero-order valence-corrected chi connectivity index (χ0v) is 108. The molecule has 1 aromatic rings. The van der Waals surface area contributed by atoms with Gasteiger partial charge in [-0.3, -0.25) is 24.0 Å². The summed E-state index contributed by atoms with van der Waals surface area (Å²) in [6.07, 6.45) is 32.2. The molecule has 0 aromatic heterocycles. The third kappa shape index (κ3) is 86.5. The number of nitrogens with zero attached hydrogens (tertiary/aromatic N) is 2. The van der Waals surface area contributed by atoms with E-state index in [0.717, 1.165) is 131 Å². The highest BCUT2D eigenvalue weighted by molar-refractivity contribution is 5.76. The van der Waals surface area contributed by atoms with Crippen LogP contribution >= 0.6 is 0 Å². The summed E-state index contributed by atoms with van der Waals surface area (Å²) in [5, 5.41) is 23.6. The molecular formula is C130H264N10O10. The smallest absolute Gasteiger partial charge is 0.407 e. The Hall–Kier alpha value is -5.66. The fourth-order valence-electron chi connectivity index (χ4n) is 21.1. The lowest BCUT2D eigenvalue weighted by Crippen LogP contribution is -2.54. The van der Waals surface area contributed by atoms with Crippen molar-refractivity contribution >= 4 is 47.7 Å². The number of hydrogen-bond acceptors (Lipinski definition) is 10. The van der Waals surface area contributed by atoms with Crippen LogP contribution in [0.2, 0.25) is 0 Å². The molecule has 150 heavy (non-hydrogen) atoms. The summed E-state index contributed by atoms with van der Waals surface area (Å²) in [4.78, 5) is 92.7. The molecule has 894 valence electrons. The maximum atomic E-state index is 11.7. The van der Waals surface area contributed by atoms with Crippen LogP contribution in [0.5, 0.6) is 0 Å². The number of benzene rings is 1. The Morgan fingerprint density at radius 3 is 0.847 bits per heavy atom. The van der Waals surface area contributed by atoms with Gasteiger partial charge in [0.2, 0.25) is 29.5 Å². The maximum Gasteiger partial charge on any atom is 0.407 e. The van der Waals surface area contributed by atoms with Crippen molar-refractivity contribution in [2.45, 2.75) is 563 Å². The molecule has 2 aliphatic carbocycles. The average molecular weight is 2130 g/mol. The van der Waals surface area contributed by atoms with Gasteiger partial charge in [-0.05, 0) is 185 Å². The van der Waals surface area contributed by atoms with E-state index in [0.29, 0.717) is 119 Å². The lowest BCUT2D eigenvalue weighted by atomic mass is 9.80. The topological polar surface area (TPSA) is 258 Å². The zero-order valence-electron chi connectivity index (χ0n) is 108. The molecule has 10 atom stereocenters. The number of rotatable bonds is 37. The SMILES string of the molecule is C.CC(=O)N[C@H](C(C)C)C(C)(C)C.CC(C)C(C(C)C)N1CCCNC1=O.CC(C)C(C(C)C)N1CCCNC1=O.CC(C)C1CCCCC1.CC(C)C1CCOCC1.CC(C)CCC(C)C.CC(C)CCCC1CCCCC1.CC(C)Cc1ccccc1.CC[C@@H](C)C(NC(C)=O)C(C)C.CC[C@@H](C)C(NC(C)=O)C(C)C.CC[C@H](C)C(NC(C)=O)C(C)C.CC[C@H](C)C(NC(C)=O)C(C)C.COC(=O)N[C@@H](C(C)C)C(C)(C)C. The van der Waals surface area contributed by atoms with Crippen molar-refractivity contribution < 1.29 is 47.8 Å². The van der Waals surface area contributed by atoms with E-state index < -0.39 is 0 Å². The molecule has 5 aliphatic rings. The predicted molar refractivity (Wildman–Crippen MR) is 655 cm³/mol. The number of carbonyl (C=O) groups excluding carboxylic acids is 8. The quantitative estimate of drug-likeness (QED) is 0.0312. The van der Waals surface area contributed by atoms with E-state index in [2.05, 4.69) is 396 Å². The van der Waals surface area contributed by atoms with Crippen molar-refractivity contribution in [2.24, 2.45) is 147 Å². The van der Waals surface area contributed by atoms with E-state index in [9.17, 15) is 38.4 Å². The van der Waals surface area contributed by atoms with Crippen LogP contribution in [-0.4, -0.2) is 152 Å². The van der Waals surface area contributed by atoms with Crippen LogP contribution in [0, 0.1) is 147 Å². The van der Waals surface area contributed by atoms with Gasteiger partial charge in [0.25, 0.3) is 0 Å². The monoisotopic (exact) mass is 2130 g/mol. The fourth-order valence-corrected chi connectivity index (χ4v) is 21.1. The molecule has 5 fully saturated rings. The van der Waals surface area contributed by atoms with Crippen LogP contribution in [-0.2, 0) is 39.9 Å². The van der Waals surface area contributed by atoms with Gasteiger partial charge in [0, 0.05) is 122 Å². The molecule has 2 saturated carbocycles. The molecule has 10 amide bonds. The largest absolute Gasteiger partial charge is 0.453 e. The van der Waals surface area contributed by atoms with Crippen molar-refractivity contribution in [3.05, 3.63) is 35.9 Å². The molecule has 20 nitrogen and oxygen atoms in total. The zero-order chi connectivity index (χ0) is 117. The Morgan fingerprint density at radius 2 is 0.640 bits per heavy atom. The highest BCUT2D eigenvalue weighted by atomic mass is 16.5. The Morgan fingerprint density at radius 1 is 0.360 bits per heavy atom. The third-order valence-corrected chi connectivity index (χ3v) is 29.8. The first kappa shape index (κ1) is 160. The van der Waals surface area contributed by atoms with E-state index in [4.69, 9.17) is 4.74 Å². The highest BCUT2D eigenvalue weighted by Gasteiger charge is 2.35. The minimum absolute atomic E-state index is 0. The number of urea groups is 2. The number of amides is 10. The Labute approximate surface area is 934 Å². The Balaban J connectivity index is -0.000000243. The summed E-state index contributed by atoms with van der Waals surface area (Å²) >= 11 is 0. The molecule has 0 bridgehead atoms. The van der Waals surface area contributed by atoms with Crippen LogP contribution in [0.15, 0.2) is 30.3 Å². The molecule has 0 radical (unpaired) electrons. The Bertz CT molecular complexity index is 3130. The van der Waals surface area contributed by atoms with E-state index in [-0.39, 0.29) is 78.0 Å². The number of nitrogens with one attached hydrogen (secondary N) is 8. The molecule has 3 saturated heterocycles. The average Bonchev–Trinajstić information content (AvgIpc) is 0.866. The van der Waals surface area contributed by atoms with Gasteiger partial charge in [-0.1, -0.05) is 478 Å². The molecule has 3 aliphatic heterocycles. The van der Waals surface area contributed by atoms with E-state index in [1.165, 1.54) is 128 Å². The van der Waals surface area contributed by atoms with E-state index in [1.807, 2.05) is 9.80 Å². The number of ether oxygens (including phenoxy) is 2. The van der Waals surface area contributed by atoms with Crippen LogP contribution in [0.1, 0.15) is 514 Å². The molecule has 8 N–H and O–H groups in total. The van der Waals surface area contributed by atoms with Gasteiger partial charge in [0.15, 0.2) is 0 Å². The number of alkyl carbamates (subject to hydrolysis) is 1. The van der Waals surface area contributed by atoms with Crippen molar-refractivity contribution in [2.75, 3.05) is 46.5 Å². The van der Waals surface area contributed by atoms with Crippen LogP contribution < -0.4 is 42.5 Å². The minimum atomic E-state index is -0.353. The summed E-state index contributed by atoms with van der Waals surface area (Å²) in [5.41, 5.74) is 1.64. The van der Waals surface area contributed by atoms with Gasteiger partial charge >= 0.3 is 18.2 Å². The summed E-state index contributed by atoms with van der Waals surface area (Å²) in [7, 11) is 1.38. The van der Waals surface area contributed by atoms with Gasteiger partial charge in [0.1, 0.15) is 0 Å². The molecular weight excluding hydrogens is 1860 g/mol.